The first-order valence-electron chi connectivity index (χ1n) is 8.37. The molecule has 1 amide bonds. The van der Waals surface area contributed by atoms with Crippen molar-refractivity contribution in [3.05, 3.63) is 76.8 Å². The van der Waals surface area contributed by atoms with Crippen molar-refractivity contribution in [1.29, 1.82) is 0 Å². The van der Waals surface area contributed by atoms with Gasteiger partial charge in [0.1, 0.15) is 17.3 Å². The molecule has 1 aromatic carbocycles. The molecule has 0 spiro atoms. The van der Waals surface area contributed by atoms with Crippen LogP contribution in [0.2, 0.25) is 0 Å². The third-order valence-electron chi connectivity index (χ3n) is 3.84. The van der Waals surface area contributed by atoms with Gasteiger partial charge in [-0.3, -0.25) is 10.1 Å². The number of amidine groups is 1. The molecule has 0 atom stereocenters. The normalized spacial score (nSPS) is 16.8. The number of aromatic carboxylic acids is 1. The van der Waals surface area contributed by atoms with E-state index in [4.69, 9.17) is 13.9 Å². The number of rotatable bonds is 5. The molecule has 9 heteroatoms. The van der Waals surface area contributed by atoms with Crippen molar-refractivity contribution >= 4 is 41.1 Å². The Hall–Kier alpha value is -3.85. The van der Waals surface area contributed by atoms with E-state index >= 15 is 0 Å². The van der Waals surface area contributed by atoms with Crippen molar-refractivity contribution in [2.45, 2.75) is 0 Å². The van der Waals surface area contributed by atoms with Crippen molar-refractivity contribution in [3.8, 4) is 11.3 Å². The van der Waals surface area contributed by atoms with Crippen LogP contribution in [0.25, 0.3) is 17.4 Å². The van der Waals surface area contributed by atoms with E-state index in [1.165, 1.54) is 24.6 Å². The van der Waals surface area contributed by atoms with Crippen LogP contribution in [0.1, 0.15) is 21.9 Å². The molecule has 1 saturated heterocycles. The predicted octanol–water partition coefficient (Wildman–Crippen LogP) is 3.83. The largest absolute Gasteiger partial charge is 0.478 e. The Morgan fingerprint density at radius 2 is 1.93 bits per heavy atom. The second-order valence-corrected chi connectivity index (χ2v) is 6.85. The zero-order valence-electron chi connectivity index (χ0n) is 14.7. The number of carboxylic acids is 1. The second kappa shape index (κ2) is 8.03. The van der Waals surface area contributed by atoms with Crippen molar-refractivity contribution in [2.75, 3.05) is 0 Å². The molecule has 2 aromatic heterocycles. The Bertz CT molecular complexity index is 1140. The van der Waals surface area contributed by atoms with Gasteiger partial charge >= 0.3 is 5.97 Å². The van der Waals surface area contributed by atoms with Gasteiger partial charge in [-0.2, -0.15) is 5.10 Å². The molecule has 1 fully saturated rings. The summed E-state index contributed by atoms with van der Waals surface area (Å²) in [5.74, 6) is 0.315. The van der Waals surface area contributed by atoms with Gasteiger partial charge in [0.15, 0.2) is 5.17 Å². The zero-order valence-corrected chi connectivity index (χ0v) is 15.6. The number of carbonyl (C=O) groups excluding carboxylic acids is 1. The lowest BCUT2D eigenvalue weighted by atomic mass is 10.1. The molecule has 0 bridgehead atoms. The molecular weight excluding hydrogens is 394 g/mol. The summed E-state index contributed by atoms with van der Waals surface area (Å²) < 4.78 is 10.9. The minimum absolute atomic E-state index is 0.197. The number of carbonyl (C=O) groups is 2. The molecule has 8 nitrogen and oxygen atoms in total. The number of amides is 1. The first kappa shape index (κ1) is 18.5. The summed E-state index contributed by atoms with van der Waals surface area (Å²) in [6, 6.07) is 13.3. The van der Waals surface area contributed by atoms with Crippen LogP contribution in [0.5, 0.6) is 0 Å². The van der Waals surface area contributed by atoms with E-state index in [1.54, 1.807) is 42.5 Å². The number of nitrogens with one attached hydrogen (secondary N) is 1. The van der Waals surface area contributed by atoms with Crippen LogP contribution in [0.4, 0.5) is 0 Å². The van der Waals surface area contributed by atoms with E-state index in [-0.39, 0.29) is 11.5 Å². The molecule has 2 N–H and O–H groups in total. The number of furan rings is 2. The Morgan fingerprint density at radius 3 is 2.66 bits per heavy atom. The van der Waals surface area contributed by atoms with Crippen LogP contribution in [0.15, 0.2) is 78.7 Å². The fourth-order valence-electron chi connectivity index (χ4n) is 2.47. The van der Waals surface area contributed by atoms with Gasteiger partial charge in [0.05, 0.1) is 22.9 Å². The molecule has 29 heavy (non-hydrogen) atoms. The fourth-order valence-corrected chi connectivity index (χ4v) is 3.23. The van der Waals surface area contributed by atoms with Gasteiger partial charge in [-0.05, 0) is 48.2 Å². The van der Waals surface area contributed by atoms with Gasteiger partial charge in [0.25, 0.3) is 5.91 Å². The number of benzene rings is 1. The quantitative estimate of drug-likeness (QED) is 0.377. The lowest BCUT2D eigenvalue weighted by Gasteiger charge is -1.98. The van der Waals surface area contributed by atoms with E-state index in [0.717, 1.165) is 17.3 Å². The van der Waals surface area contributed by atoms with Crippen LogP contribution in [-0.4, -0.2) is 28.4 Å². The van der Waals surface area contributed by atoms with E-state index in [0.29, 0.717) is 27.4 Å². The molecule has 144 valence electrons. The highest BCUT2D eigenvalue weighted by Gasteiger charge is 2.24. The second-order valence-electron chi connectivity index (χ2n) is 5.81. The lowest BCUT2D eigenvalue weighted by Crippen LogP contribution is -2.19. The number of nitrogens with zero attached hydrogens (tertiary/aromatic N) is 2. The standard InChI is InChI=1S/C20H13N3O5S/c24-18-17(29-20(22-18)23-21-11-15-2-1-9-27-15)10-14-7-8-16(28-14)12-3-5-13(6-4-12)19(25)26/h1-11H,(H,25,26)(H,22,23,24). The summed E-state index contributed by atoms with van der Waals surface area (Å²) in [5, 5.41) is 19.8. The van der Waals surface area contributed by atoms with Gasteiger partial charge < -0.3 is 13.9 Å². The smallest absolute Gasteiger partial charge is 0.335 e. The molecule has 3 aromatic rings. The van der Waals surface area contributed by atoms with Crippen molar-refractivity contribution < 1.29 is 23.5 Å². The maximum absolute atomic E-state index is 12.1. The molecule has 1 aliphatic heterocycles. The fraction of sp³-hybridized carbons (Fsp3) is 0. The Labute approximate surface area is 168 Å². The number of hydrogen-bond donors (Lipinski definition) is 2. The van der Waals surface area contributed by atoms with Gasteiger partial charge in [0, 0.05) is 11.6 Å². The maximum atomic E-state index is 12.1. The summed E-state index contributed by atoms with van der Waals surface area (Å²) in [5.41, 5.74) is 0.931. The first-order chi connectivity index (χ1) is 14.1. The summed E-state index contributed by atoms with van der Waals surface area (Å²) >= 11 is 1.14. The van der Waals surface area contributed by atoms with E-state index < -0.39 is 5.97 Å². The van der Waals surface area contributed by atoms with Gasteiger partial charge in [0.2, 0.25) is 0 Å². The molecule has 0 saturated carbocycles. The Morgan fingerprint density at radius 1 is 1.10 bits per heavy atom. The number of thioether (sulfide) groups is 1. The third-order valence-corrected chi connectivity index (χ3v) is 4.74. The van der Waals surface area contributed by atoms with E-state index in [1.807, 2.05) is 0 Å². The highest BCUT2D eigenvalue weighted by Crippen LogP contribution is 2.29. The first-order valence-corrected chi connectivity index (χ1v) is 9.19. The Kier molecular flexibility index (Phi) is 5.12. The van der Waals surface area contributed by atoms with E-state index in [2.05, 4.69) is 15.5 Å². The minimum atomic E-state index is -0.989. The minimum Gasteiger partial charge on any atom is -0.478 e. The maximum Gasteiger partial charge on any atom is 0.335 e. The molecule has 4 rings (SSSR count). The summed E-state index contributed by atoms with van der Waals surface area (Å²) in [7, 11) is 0. The van der Waals surface area contributed by atoms with Gasteiger partial charge in [-0.25, -0.2) is 4.79 Å². The predicted molar refractivity (Wildman–Crippen MR) is 109 cm³/mol. The molecule has 0 aliphatic carbocycles. The van der Waals surface area contributed by atoms with Gasteiger partial charge in [-0.1, -0.05) is 12.1 Å². The van der Waals surface area contributed by atoms with Crippen LogP contribution < -0.4 is 5.32 Å². The highest BCUT2D eigenvalue weighted by atomic mass is 32.2. The molecule has 0 radical (unpaired) electrons. The van der Waals surface area contributed by atoms with Crippen LogP contribution in [0.3, 0.4) is 0 Å². The molecule has 1 aliphatic rings. The van der Waals surface area contributed by atoms with E-state index in [9.17, 15) is 9.59 Å². The van der Waals surface area contributed by atoms with Crippen molar-refractivity contribution in [2.24, 2.45) is 10.2 Å². The average Bonchev–Trinajstić information content (AvgIpc) is 3.45. The van der Waals surface area contributed by atoms with Crippen molar-refractivity contribution in [3.63, 3.8) is 0 Å². The topological polar surface area (TPSA) is 117 Å². The highest BCUT2D eigenvalue weighted by molar-refractivity contribution is 8.18. The summed E-state index contributed by atoms with van der Waals surface area (Å²) in [6.45, 7) is 0. The molecule has 3 heterocycles. The van der Waals surface area contributed by atoms with Gasteiger partial charge in [-0.15, -0.1) is 5.10 Å². The summed E-state index contributed by atoms with van der Waals surface area (Å²) in [6.07, 6.45) is 4.57. The molecular formula is C20H13N3O5S. The van der Waals surface area contributed by atoms with Crippen LogP contribution in [-0.2, 0) is 4.79 Å². The van der Waals surface area contributed by atoms with Crippen molar-refractivity contribution in [1.82, 2.24) is 5.32 Å². The lowest BCUT2D eigenvalue weighted by molar-refractivity contribution is -0.115. The Balaban J connectivity index is 1.47. The zero-order chi connectivity index (χ0) is 20.2. The summed E-state index contributed by atoms with van der Waals surface area (Å²) in [4.78, 5) is 23.5. The average molecular weight is 407 g/mol. The third kappa shape index (κ3) is 4.36. The monoisotopic (exact) mass is 407 g/mol. The number of hydrogen-bond acceptors (Lipinski definition) is 7. The molecule has 0 unspecified atom stereocenters. The number of carboxylic acid groups (broad SMARTS) is 1. The van der Waals surface area contributed by atoms with Crippen LogP contribution >= 0.6 is 11.8 Å². The van der Waals surface area contributed by atoms with Crippen LogP contribution in [0, 0.1) is 0 Å². The SMILES string of the molecule is O=C1NC(=NN=Cc2ccco2)SC1=Cc1ccc(-c2ccc(C(=O)O)cc2)o1.